The Hall–Kier alpha value is -2.33. The number of guanidine groups is 1. The van der Waals surface area contributed by atoms with E-state index >= 15 is 0 Å². The van der Waals surface area contributed by atoms with Gasteiger partial charge in [0.15, 0.2) is 5.96 Å². The maximum Gasteiger partial charge on any atom is 0.412 e. The molecule has 1 rings (SSSR count). The number of carbonyl (C=O) groups excluding carboxylic acids is 1. The van der Waals surface area contributed by atoms with E-state index in [0.29, 0.717) is 31.3 Å². The molecule has 9 nitrogen and oxygen atoms in total. The number of hydrogen-bond acceptors (Lipinski definition) is 5. The zero-order valence-electron chi connectivity index (χ0n) is 18.5. The third-order valence-electron chi connectivity index (χ3n) is 3.73. The SMILES string of the molecule is CCNC(=NCCNS(=O)(=O)CC)NCCc1ccc(NC(=O)OC(C)(C)C)cc1. The van der Waals surface area contributed by atoms with Crippen molar-refractivity contribution in [3.05, 3.63) is 29.8 Å². The maximum absolute atomic E-state index is 11.8. The van der Waals surface area contributed by atoms with Gasteiger partial charge in [-0.3, -0.25) is 10.3 Å². The number of nitrogens with zero attached hydrogens (tertiary/aromatic N) is 1. The summed E-state index contributed by atoms with van der Waals surface area (Å²) >= 11 is 0. The van der Waals surface area contributed by atoms with Crippen LogP contribution in [0.4, 0.5) is 10.5 Å². The molecule has 0 spiro atoms. The van der Waals surface area contributed by atoms with E-state index in [2.05, 4.69) is 25.7 Å². The molecule has 0 aliphatic rings. The summed E-state index contributed by atoms with van der Waals surface area (Å²) in [4.78, 5) is 16.2. The van der Waals surface area contributed by atoms with Crippen molar-refractivity contribution < 1.29 is 17.9 Å². The number of ether oxygens (including phenoxy) is 1. The van der Waals surface area contributed by atoms with Crippen molar-refractivity contribution in [2.75, 3.05) is 37.2 Å². The minimum Gasteiger partial charge on any atom is -0.444 e. The average molecular weight is 442 g/mol. The highest BCUT2D eigenvalue weighted by atomic mass is 32.2. The van der Waals surface area contributed by atoms with Gasteiger partial charge < -0.3 is 15.4 Å². The number of carbonyl (C=O) groups is 1. The predicted molar refractivity (Wildman–Crippen MR) is 121 cm³/mol. The molecular formula is C20H35N5O4S. The van der Waals surface area contributed by atoms with Gasteiger partial charge >= 0.3 is 6.09 Å². The van der Waals surface area contributed by atoms with Crippen molar-refractivity contribution in [1.29, 1.82) is 0 Å². The quantitative estimate of drug-likeness (QED) is 0.251. The van der Waals surface area contributed by atoms with Gasteiger partial charge in [0, 0.05) is 25.3 Å². The normalized spacial score (nSPS) is 12.4. The van der Waals surface area contributed by atoms with E-state index in [1.54, 1.807) is 6.92 Å². The summed E-state index contributed by atoms with van der Waals surface area (Å²) in [6, 6.07) is 7.55. The van der Waals surface area contributed by atoms with E-state index < -0.39 is 21.7 Å². The molecule has 0 unspecified atom stereocenters. The average Bonchev–Trinajstić information content (AvgIpc) is 2.65. The Morgan fingerprint density at radius 3 is 2.30 bits per heavy atom. The van der Waals surface area contributed by atoms with Gasteiger partial charge in [0.1, 0.15) is 5.60 Å². The van der Waals surface area contributed by atoms with Crippen molar-refractivity contribution in [3.8, 4) is 0 Å². The maximum atomic E-state index is 11.8. The molecule has 0 atom stereocenters. The summed E-state index contributed by atoms with van der Waals surface area (Å²) in [5.74, 6) is 0.692. The molecule has 0 fully saturated rings. The molecule has 0 aliphatic carbocycles. The summed E-state index contributed by atoms with van der Waals surface area (Å²) in [5, 5.41) is 9.06. The molecule has 0 radical (unpaired) electrons. The van der Waals surface area contributed by atoms with Crippen LogP contribution in [0.3, 0.4) is 0 Å². The van der Waals surface area contributed by atoms with Crippen LogP contribution >= 0.6 is 0 Å². The number of rotatable bonds is 10. The summed E-state index contributed by atoms with van der Waals surface area (Å²) in [6.07, 6.45) is 0.282. The number of anilines is 1. The molecule has 170 valence electrons. The lowest BCUT2D eigenvalue weighted by atomic mass is 10.1. The largest absolute Gasteiger partial charge is 0.444 e. The van der Waals surface area contributed by atoms with Crippen LogP contribution < -0.4 is 20.7 Å². The first-order chi connectivity index (χ1) is 14.0. The molecule has 1 aromatic carbocycles. The summed E-state index contributed by atoms with van der Waals surface area (Å²) in [7, 11) is -3.20. The molecule has 0 heterocycles. The van der Waals surface area contributed by atoms with E-state index in [4.69, 9.17) is 4.74 Å². The second-order valence-electron chi connectivity index (χ2n) is 7.56. The molecule has 30 heavy (non-hydrogen) atoms. The Bertz CT molecular complexity index is 786. The van der Waals surface area contributed by atoms with Gasteiger partial charge in [-0.15, -0.1) is 0 Å². The fraction of sp³-hybridized carbons (Fsp3) is 0.600. The van der Waals surface area contributed by atoms with Crippen molar-refractivity contribution in [2.45, 2.75) is 46.6 Å². The monoisotopic (exact) mass is 441 g/mol. The van der Waals surface area contributed by atoms with Crippen LogP contribution in [0, 0.1) is 0 Å². The first-order valence-electron chi connectivity index (χ1n) is 10.1. The Morgan fingerprint density at radius 1 is 1.07 bits per heavy atom. The number of benzene rings is 1. The molecule has 1 aromatic rings. The van der Waals surface area contributed by atoms with Crippen LogP contribution in [-0.2, 0) is 21.2 Å². The van der Waals surface area contributed by atoms with Crippen molar-refractivity contribution >= 4 is 27.8 Å². The highest BCUT2D eigenvalue weighted by Crippen LogP contribution is 2.13. The van der Waals surface area contributed by atoms with E-state index in [9.17, 15) is 13.2 Å². The predicted octanol–water partition coefficient (Wildman–Crippen LogP) is 2.07. The Kier molecular flexibility index (Phi) is 10.6. The number of nitrogens with one attached hydrogen (secondary N) is 4. The van der Waals surface area contributed by atoms with E-state index in [-0.39, 0.29) is 12.3 Å². The van der Waals surface area contributed by atoms with Gasteiger partial charge in [0.25, 0.3) is 0 Å². The van der Waals surface area contributed by atoms with Gasteiger partial charge in [0.05, 0.1) is 12.3 Å². The van der Waals surface area contributed by atoms with Gasteiger partial charge in [-0.1, -0.05) is 12.1 Å². The highest BCUT2D eigenvalue weighted by molar-refractivity contribution is 7.89. The van der Waals surface area contributed by atoms with Crippen molar-refractivity contribution in [3.63, 3.8) is 0 Å². The van der Waals surface area contributed by atoms with E-state index in [1.807, 2.05) is 52.0 Å². The Labute approximate surface area is 180 Å². The second-order valence-corrected chi connectivity index (χ2v) is 9.65. The number of amides is 1. The third-order valence-corrected chi connectivity index (χ3v) is 5.14. The molecule has 4 N–H and O–H groups in total. The molecule has 0 aliphatic heterocycles. The van der Waals surface area contributed by atoms with Crippen molar-refractivity contribution in [2.24, 2.45) is 4.99 Å². The van der Waals surface area contributed by atoms with Crippen molar-refractivity contribution in [1.82, 2.24) is 15.4 Å². The minimum atomic E-state index is -3.20. The number of aliphatic imine (C=N–C) groups is 1. The summed E-state index contributed by atoms with van der Waals surface area (Å²) < 4.78 is 30.6. The van der Waals surface area contributed by atoms with Crippen LogP contribution in [0.2, 0.25) is 0 Å². The lowest BCUT2D eigenvalue weighted by Crippen LogP contribution is -2.39. The summed E-state index contributed by atoms with van der Waals surface area (Å²) in [5.41, 5.74) is 1.23. The standard InChI is InChI=1S/C20H35N5O4S/c1-6-21-18(23-14-15-24-30(27,28)7-2)22-13-12-16-8-10-17(11-9-16)25-19(26)29-20(3,4)5/h8-11,24H,6-7,12-15H2,1-5H3,(H,25,26)(H2,21,22,23). The third kappa shape index (κ3) is 11.6. The highest BCUT2D eigenvalue weighted by Gasteiger charge is 2.16. The lowest BCUT2D eigenvalue weighted by Gasteiger charge is -2.19. The van der Waals surface area contributed by atoms with E-state index in [0.717, 1.165) is 12.0 Å². The van der Waals surface area contributed by atoms with Crippen LogP contribution in [0.5, 0.6) is 0 Å². The zero-order valence-corrected chi connectivity index (χ0v) is 19.4. The smallest absolute Gasteiger partial charge is 0.412 e. The van der Waals surface area contributed by atoms with Crippen LogP contribution in [0.25, 0.3) is 0 Å². The number of sulfonamides is 1. The molecule has 10 heteroatoms. The minimum absolute atomic E-state index is 0.0567. The fourth-order valence-corrected chi connectivity index (χ4v) is 2.92. The van der Waals surface area contributed by atoms with Crippen LogP contribution in [-0.4, -0.2) is 58.0 Å². The molecule has 0 aromatic heterocycles. The number of hydrogen-bond donors (Lipinski definition) is 4. The fourth-order valence-electron chi connectivity index (χ4n) is 2.31. The molecule has 0 saturated carbocycles. The van der Waals surface area contributed by atoms with Crippen LogP contribution in [0.15, 0.2) is 29.3 Å². The van der Waals surface area contributed by atoms with Gasteiger partial charge in [-0.05, 0) is 58.7 Å². The first kappa shape index (κ1) is 25.7. The van der Waals surface area contributed by atoms with Gasteiger partial charge in [0.2, 0.25) is 10.0 Å². The first-order valence-corrected chi connectivity index (χ1v) is 11.8. The van der Waals surface area contributed by atoms with Gasteiger partial charge in [-0.25, -0.2) is 17.9 Å². The van der Waals surface area contributed by atoms with Gasteiger partial charge in [-0.2, -0.15) is 0 Å². The topological polar surface area (TPSA) is 121 Å². The second kappa shape index (κ2) is 12.4. The molecule has 1 amide bonds. The molecular weight excluding hydrogens is 406 g/mol. The van der Waals surface area contributed by atoms with E-state index in [1.165, 1.54) is 0 Å². The Morgan fingerprint density at radius 2 is 1.73 bits per heavy atom. The summed E-state index contributed by atoms with van der Waals surface area (Å²) in [6.45, 7) is 11.0. The molecule has 0 saturated heterocycles. The Balaban J connectivity index is 2.45. The lowest BCUT2D eigenvalue weighted by molar-refractivity contribution is 0.0636. The zero-order chi connectivity index (χ0) is 22.6. The van der Waals surface area contributed by atoms with Crippen LogP contribution in [0.1, 0.15) is 40.2 Å². The molecule has 0 bridgehead atoms.